The second-order valence-electron chi connectivity index (χ2n) is 7.93. The summed E-state index contributed by atoms with van der Waals surface area (Å²) in [5.74, 6) is 1.86. The second kappa shape index (κ2) is 5.60. The molecule has 0 heterocycles. The summed E-state index contributed by atoms with van der Waals surface area (Å²) < 4.78 is 5.41. The molecule has 0 unspecified atom stereocenters. The molecule has 3 rings (SSSR count). The van der Waals surface area contributed by atoms with Crippen LogP contribution in [0.4, 0.5) is 4.79 Å². The molecular weight excluding hydrogens is 274 g/mol. The first-order valence-electron chi connectivity index (χ1n) is 8.39. The summed E-state index contributed by atoms with van der Waals surface area (Å²) in [5.41, 5.74) is 2.31. The van der Waals surface area contributed by atoms with E-state index in [4.69, 9.17) is 4.74 Å². The van der Waals surface area contributed by atoms with E-state index in [9.17, 15) is 4.79 Å². The van der Waals surface area contributed by atoms with Gasteiger partial charge in [0.05, 0.1) is 0 Å². The van der Waals surface area contributed by atoms with E-state index < -0.39 is 5.60 Å². The third kappa shape index (κ3) is 3.13. The Bertz CT molecular complexity index is 544. The van der Waals surface area contributed by atoms with Crippen LogP contribution in [0.15, 0.2) is 24.3 Å². The average molecular weight is 301 g/mol. The van der Waals surface area contributed by atoms with E-state index in [2.05, 4.69) is 36.5 Å². The Morgan fingerprint density at radius 3 is 2.50 bits per heavy atom. The summed E-state index contributed by atoms with van der Waals surface area (Å²) in [6, 6.07) is 9.19. The molecule has 2 aliphatic rings. The van der Waals surface area contributed by atoms with E-state index in [1.54, 1.807) is 0 Å². The van der Waals surface area contributed by atoms with Gasteiger partial charge in [-0.2, -0.15) is 0 Å². The number of ether oxygens (including phenoxy) is 1. The second-order valence-corrected chi connectivity index (χ2v) is 7.93. The number of alkyl carbamates (subject to hydrolysis) is 1. The van der Waals surface area contributed by atoms with Crippen molar-refractivity contribution in [3.8, 4) is 0 Å². The van der Waals surface area contributed by atoms with Gasteiger partial charge in [-0.05, 0) is 70.3 Å². The van der Waals surface area contributed by atoms with Crippen LogP contribution in [0.1, 0.15) is 57.1 Å². The minimum Gasteiger partial charge on any atom is -0.444 e. The molecule has 0 aliphatic heterocycles. The molecule has 22 heavy (non-hydrogen) atoms. The topological polar surface area (TPSA) is 38.3 Å². The summed E-state index contributed by atoms with van der Waals surface area (Å²) in [7, 11) is 0. The van der Waals surface area contributed by atoms with Crippen molar-refractivity contribution in [1.82, 2.24) is 5.32 Å². The highest BCUT2D eigenvalue weighted by Gasteiger charge is 2.49. The molecule has 1 aromatic rings. The molecule has 0 spiro atoms. The summed E-state index contributed by atoms with van der Waals surface area (Å²) in [6.45, 7) is 7.84. The highest BCUT2D eigenvalue weighted by Crippen LogP contribution is 2.54. The van der Waals surface area contributed by atoms with Crippen molar-refractivity contribution >= 4 is 6.09 Å². The van der Waals surface area contributed by atoms with Gasteiger partial charge in [-0.3, -0.25) is 0 Å². The number of hydrogen-bond donors (Lipinski definition) is 1. The SMILES string of the molecule is Cc1ccc([C@@H]2[C@H]3CC[C@@H]2[C@@H](NC(=O)OC(C)(C)C)C3)cc1. The molecule has 3 nitrogen and oxygen atoms in total. The van der Waals surface area contributed by atoms with Gasteiger partial charge in [0.2, 0.25) is 0 Å². The van der Waals surface area contributed by atoms with Gasteiger partial charge in [0.25, 0.3) is 0 Å². The lowest BCUT2D eigenvalue weighted by atomic mass is 9.88. The average Bonchev–Trinajstić information content (AvgIpc) is 2.94. The third-order valence-electron chi connectivity index (χ3n) is 5.08. The van der Waals surface area contributed by atoms with Crippen molar-refractivity contribution in [3.05, 3.63) is 35.4 Å². The van der Waals surface area contributed by atoms with Gasteiger partial charge in [-0.1, -0.05) is 29.8 Å². The van der Waals surface area contributed by atoms with Crippen molar-refractivity contribution in [2.24, 2.45) is 11.8 Å². The molecule has 2 saturated carbocycles. The molecule has 1 N–H and O–H groups in total. The maximum absolute atomic E-state index is 12.0. The highest BCUT2D eigenvalue weighted by molar-refractivity contribution is 5.68. The van der Waals surface area contributed by atoms with Crippen molar-refractivity contribution in [3.63, 3.8) is 0 Å². The predicted octanol–water partition coefficient (Wildman–Crippen LogP) is 4.40. The van der Waals surface area contributed by atoms with Crippen molar-refractivity contribution in [2.75, 3.05) is 0 Å². The fourth-order valence-electron chi connectivity index (χ4n) is 4.27. The fraction of sp³-hybridized carbons (Fsp3) is 0.632. The number of nitrogens with one attached hydrogen (secondary N) is 1. The quantitative estimate of drug-likeness (QED) is 0.879. The molecule has 120 valence electrons. The summed E-state index contributed by atoms with van der Waals surface area (Å²) >= 11 is 0. The molecule has 0 aromatic heterocycles. The Morgan fingerprint density at radius 1 is 1.18 bits per heavy atom. The highest BCUT2D eigenvalue weighted by atomic mass is 16.6. The standard InChI is InChI=1S/C19H27NO2/c1-12-5-7-13(8-6-12)17-14-9-10-15(17)16(11-14)20-18(21)22-19(2,3)4/h5-8,14-17H,9-11H2,1-4H3,(H,20,21)/t14-,15+,16-,17+/m0/s1. The van der Waals surface area contributed by atoms with Gasteiger partial charge in [0, 0.05) is 6.04 Å². The molecule has 0 radical (unpaired) electrons. The van der Waals surface area contributed by atoms with Crippen LogP contribution in [-0.4, -0.2) is 17.7 Å². The van der Waals surface area contributed by atoms with Gasteiger partial charge in [-0.15, -0.1) is 0 Å². The zero-order valence-corrected chi connectivity index (χ0v) is 14.1. The van der Waals surface area contributed by atoms with Gasteiger partial charge >= 0.3 is 6.09 Å². The number of benzene rings is 1. The van der Waals surface area contributed by atoms with Gasteiger partial charge in [0.15, 0.2) is 0 Å². The number of rotatable bonds is 2. The van der Waals surface area contributed by atoms with Crippen molar-refractivity contribution in [2.45, 2.75) is 64.5 Å². The molecule has 2 fully saturated rings. The third-order valence-corrected chi connectivity index (χ3v) is 5.08. The lowest BCUT2D eigenvalue weighted by Gasteiger charge is -2.26. The summed E-state index contributed by atoms with van der Waals surface area (Å²) in [4.78, 5) is 12.0. The van der Waals surface area contributed by atoms with E-state index in [0.29, 0.717) is 17.8 Å². The number of carbonyl (C=O) groups is 1. The van der Waals surface area contributed by atoms with Crippen LogP contribution in [0.5, 0.6) is 0 Å². The Labute approximate surface area is 133 Å². The maximum Gasteiger partial charge on any atom is 0.407 e. The van der Waals surface area contributed by atoms with Crippen LogP contribution in [0.25, 0.3) is 0 Å². The smallest absolute Gasteiger partial charge is 0.407 e. The van der Waals surface area contributed by atoms with Crippen molar-refractivity contribution < 1.29 is 9.53 Å². The normalized spacial score (nSPS) is 30.4. The zero-order chi connectivity index (χ0) is 15.9. The molecule has 2 aliphatic carbocycles. The van der Waals surface area contributed by atoms with Crippen LogP contribution in [-0.2, 0) is 4.74 Å². The minimum atomic E-state index is -0.432. The number of carbonyl (C=O) groups excluding carboxylic acids is 1. The Hall–Kier alpha value is -1.51. The van der Waals surface area contributed by atoms with Crippen LogP contribution < -0.4 is 5.32 Å². The molecule has 3 heteroatoms. The zero-order valence-electron chi connectivity index (χ0n) is 14.1. The van der Waals surface area contributed by atoms with Crippen molar-refractivity contribution in [1.29, 1.82) is 0 Å². The number of hydrogen-bond acceptors (Lipinski definition) is 2. The molecule has 2 bridgehead atoms. The minimum absolute atomic E-state index is 0.264. The van der Waals surface area contributed by atoms with Crippen LogP contribution in [0, 0.1) is 18.8 Å². The summed E-state index contributed by atoms with van der Waals surface area (Å²) in [5, 5.41) is 3.12. The summed E-state index contributed by atoms with van der Waals surface area (Å²) in [6.07, 6.45) is 3.31. The largest absolute Gasteiger partial charge is 0.444 e. The predicted molar refractivity (Wildman–Crippen MR) is 87.9 cm³/mol. The number of aryl methyl sites for hydroxylation is 1. The molecule has 1 amide bonds. The first kappa shape index (κ1) is 15.4. The Kier molecular flexibility index (Phi) is 3.92. The first-order valence-corrected chi connectivity index (χ1v) is 8.39. The van der Waals surface area contributed by atoms with Gasteiger partial charge in [-0.25, -0.2) is 4.79 Å². The molecule has 1 aromatic carbocycles. The fourth-order valence-corrected chi connectivity index (χ4v) is 4.27. The van der Waals surface area contributed by atoms with E-state index in [-0.39, 0.29) is 12.1 Å². The lowest BCUT2D eigenvalue weighted by Crippen LogP contribution is -2.42. The molecule has 0 saturated heterocycles. The van der Waals surface area contributed by atoms with E-state index in [1.807, 2.05) is 20.8 Å². The molecular formula is C19H27NO2. The number of amides is 1. The maximum atomic E-state index is 12.0. The van der Waals surface area contributed by atoms with E-state index in [0.717, 1.165) is 6.42 Å². The van der Waals surface area contributed by atoms with Crippen LogP contribution in [0.2, 0.25) is 0 Å². The van der Waals surface area contributed by atoms with Crippen LogP contribution in [0.3, 0.4) is 0 Å². The van der Waals surface area contributed by atoms with Gasteiger partial charge in [0.1, 0.15) is 5.60 Å². The lowest BCUT2D eigenvalue weighted by molar-refractivity contribution is 0.0486. The monoisotopic (exact) mass is 301 g/mol. The van der Waals surface area contributed by atoms with E-state index >= 15 is 0 Å². The Balaban J connectivity index is 1.68. The first-order chi connectivity index (χ1) is 10.3. The van der Waals surface area contributed by atoms with Crippen LogP contribution >= 0.6 is 0 Å². The van der Waals surface area contributed by atoms with E-state index in [1.165, 1.54) is 24.0 Å². The number of fused-ring (bicyclic) bond motifs is 2. The Morgan fingerprint density at radius 2 is 1.86 bits per heavy atom. The van der Waals surface area contributed by atoms with Gasteiger partial charge < -0.3 is 10.1 Å². The molecule has 4 atom stereocenters.